The Bertz CT molecular complexity index is 441. The van der Waals surface area contributed by atoms with Gasteiger partial charge in [0, 0.05) is 32.2 Å². The highest BCUT2D eigenvalue weighted by atomic mass is 16.2. The highest BCUT2D eigenvalue weighted by molar-refractivity contribution is 5.83. The molecule has 6 heteroatoms. The monoisotopic (exact) mass is 292 g/mol. The summed E-state index contributed by atoms with van der Waals surface area (Å²) in [5.74, 6) is 0.951. The average Bonchev–Trinajstić information content (AvgIpc) is 3.10. The van der Waals surface area contributed by atoms with Crippen molar-refractivity contribution in [3.05, 3.63) is 0 Å². The molecular weight excluding hydrogens is 268 g/mol. The van der Waals surface area contributed by atoms with Crippen LogP contribution in [-0.4, -0.2) is 66.0 Å². The molecule has 3 aliphatic heterocycles. The van der Waals surface area contributed by atoms with Crippen LogP contribution in [0.15, 0.2) is 0 Å². The van der Waals surface area contributed by atoms with E-state index in [1.54, 1.807) is 0 Å². The number of urea groups is 1. The molecule has 0 aromatic carbocycles. The number of piperazine rings is 1. The van der Waals surface area contributed by atoms with E-state index in [1.807, 2.05) is 9.80 Å². The average molecular weight is 292 g/mol. The van der Waals surface area contributed by atoms with Gasteiger partial charge >= 0.3 is 6.03 Å². The summed E-state index contributed by atoms with van der Waals surface area (Å²) in [5, 5.41) is 6.44. The van der Waals surface area contributed by atoms with E-state index in [1.165, 1.54) is 25.7 Å². The lowest BCUT2D eigenvalue weighted by molar-refractivity contribution is -0.135. The Morgan fingerprint density at radius 2 is 2.05 bits per heavy atom. The Morgan fingerprint density at radius 3 is 2.90 bits per heavy atom. The number of hydrogen-bond donors (Lipinski definition) is 2. The Morgan fingerprint density at radius 1 is 1.19 bits per heavy atom. The summed E-state index contributed by atoms with van der Waals surface area (Å²) in [5.41, 5.74) is 0. The van der Waals surface area contributed by atoms with E-state index in [0.29, 0.717) is 38.1 Å². The summed E-state index contributed by atoms with van der Waals surface area (Å²) < 4.78 is 0. The highest BCUT2D eigenvalue weighted by Gasteiger charge is 2.42. The Hall–Kier alpha value is -1.30. The molecule has 0 radical (unpaired) electrons. The zero-order valence-corrected chi connectivity index (χ0v) is 12.4. The van der Waals surface area contributed by atoms with Gasteiger partial charge < -0.3 is 20.4 Å². The summed E-state index contributed by atoms with van der Waals surface area (Å²) in [6, 6.07) is 0.759. The number of carbonyl (C=O) groups is 2. The fourth-order valence-electron chi connectivity index (χ4n) is 4.54. The first-order valence-electron chi connectivity index (χ1n) is 8.31. The third-order valence-electron chi connectivity index (χ3n) is 5.71. The van der Waals surface area contributed by atoms with Crippen molar-refractivity contribution in [2.45, 2.75) is 50.2 Å². The molecule has 1 aliphatic carbocycles. The van der Waals surface area contributed by atoms with Crippen LogP contribution in [0, 0.1) is 5.92 Å². The predicted molar refractivity (Wildman–Crippen MR) is 77.8 cm³/mol. The van der Waals surface area contributed by atoms with Crippen molar-refractivity contribution in [3.8, 4) is 0 Å². The fourth-order valence-corrected chi connectivity index (χ4v) is 4.54. The normalized spacial score (nSPS) is 39.0. The molecule has 1 saturated carbocycles. The van der Waals surface area contributed by atoms with Gasteiger partial charge in [-0.15, -0.1) is 0 Å². The zero-order chi connectivity index (χ0) is 14.4. The molecule has 4 unspecified atom stereocenters. The van der Waals surface area contributed by atoms with Crippen molar-refractivity contribution >= 4 is 11.9 Å². The smallest absolute Gasteiger partial charge is 0.317 e. The van der Waals surface area contributed by atoms with Crippen molar-refractivity contribution in [1.29, 1.82) is 0 Å². The van der Waals surface area contributed by atoms with Crippen LogP contribution in [0.3, 0.4) is 0 Å². The molecule has 0 aromatic rings. The number of fused-ring (bicyclic) bond motifs is 2. The SMILES string of the molecule is O=C(C1CC2CCCCC2N1)N1CCN2C(=O)NCC2C1. The van der Waals surface area contributed by atoms with Gasteiger partial charge in [0.1, 0.15) is 0 Å². The van der Waals surface area contributed by atoms with Gasteiger partial charge in [-0.1, -0.05) is 12.8 Å². The first kappa shape index (κ1) is 13.4. The molecule has 6 nitrogen and oxygen atoms in total. The topological polar surface area (TPSA) is 64.7 Å². The van der Waals surface area contributed by atoms with Crippen molar-refractivity contribution in [2.75, 3.05) is 26.2 Å². The van der Waals surface area contributed by atoms with Gasteiger partial charge in [0.25, 0.3) is 0 Å². The van der Waals surface area contributed by atoms with Crippen LogP contribution in [0.2, 0.25) is 0 Å². The van der Waals surface area contributed by atoms with E-state index < -0.39 is 0 Å². The van der Waals surface area contributed by atoms with Crippen LogP contribution < -0.4 is 10.6 Å². The second-order valence-electron chi connectivity index (χ2n) is 6.92. The Labute approximate surface area is 125 Å². The van der Waals surface area contributed by atoms with E-state index in [4.69, 9.17) is 0 Å². The third-order valence-corrected chi connectivity index (χ3v) is 5.71. The van der Waals surface area contributed by atoms with Crippen molar-refractivity contribution in [3.63, 3.8) is 0 Å². The molecule has 4 rings (SSSR count). The lowest BCUT2D eigenvalue weighted by atomic mass is 9.85. The maximum atomic E-state index is 12.8. The lowest BCUT2D eigenvalue weighted by Gasteiger charge is -2.37. The van der Waals surface area contributed by atoms with Crippen molar-refractivity contribution in [1.82, 2.24) is 20.4 Å². The zero-order valence-electron chi connectivity index (χ0n) is 12.4. The molecule has 4 aliphatic rings. The van der Waals surface area contributed by atoms with Crippen LogP contribution >= 0.6 is 0 Å². The summed E-state index contributed by atoms with van der Waals surface area (Å²) in [7, 11) is 0. The number of hydrogen-bond acceptors (Lipinski definition) is 3. The number of nitrogens with zero attached hydrogens (tertiary/aromatic N) is 2. The van der Waals surface area contributed by atoms with Gasteiger partial charge in [-0.3, -0.25) is 4.79 Å². The molecule has 0 aromatic heterocycles. The van der Waals surface area contributed by atoms with E-state index in [0.717, 1.165) is 6.42 Å². The molecule has 4 fully saturated rings. The van der Waals surface area contributed by atoms with Crippen LogP contribution in [-0.2, 0) is 4.79 Å². The minimum atomic E-state index is 0.00899. The second-order valence-corrected chi connectivity index (χ2v) is 6.92. The van der Waals surface area contributed by atoms with Gasteiger partial charge in [0.15, 0.2) is 0 Å². The number of nitrogens with one attached hydrogen (secondary N) is 2. The van der Waals surface area contributed by atoms with Crippen LogP contribution in [0.5, 0.6) is 0 Å². The quantitative estimate of drug-likeness (QED) is 0.723. The van der Waals surface area contributed by atoms with Crippen molar-refractivity contribution < 1.29 is 9.59 Å². The lowest BCUT2D eigenvalue weighted by Crippen LogP contribution is -2.57. The summed E-state index contributed by atoms with van der Waals surface area (Å²) in [6.45, 7) is 2.70. The minimum absolute atomic E-state index is 0.00899. The molecule has 0 bridgehead atoms. The van der Waals surface area contributed by atoms with Gasteiger partial charge in [-0.25, -0.2) is 4.79 Å². The molecule has 3 amide bonds. The van der Waals surface area contributed by atoms with Gasteiger partial charge in [-0.05, 0) is 25.2 Å². The summed E-state index contributed by atoms with van der Waals surface area (Å²) >= 11 is 0. The first-order valence-corrected chi connectivity index (χ1v) is 8.31. The van der Waals surface area contributed by atoms with E-state index >= 15 is 0 Å². The summed E-state index contributed by atoms with van der Waals surface area (Å²) in [4.78, 5) is 28.2. The number of rotatable bonds is 1. The highest BCUT2D eigenvalue weighted by Crippen LogP contribution is 2.33. The number of carbonyl (C=O) groups excluding carboxylic acids is 2. The molecule has 3 heterocycles. The van der Waals surface area contributed by atoms with Crippen LogP contribution in [0.4, 0.5) is 4.79 Å². The molecule has 21 heavy (non-hydrogen) atoms. The fraction of sp³-hybridized carbons (Fsp3) is 0.867. The summed E-state index contributed by atoms with van der Waals surface area (Å²) in [6.07, 6.45) is 6.12. The molecular formula is C15H24N4O2. The standard InChI is InChI=1S/C15H24N4O2/c20-14(13-7-10-3-1-2-4-12(10)17-13)18-5-6-19-11(9-18)8-16-15(19)21/h10-13,17H,1-9H2,(H,16,21). The minimum Gasteiger partial charge on any atom is -0.337 e. The van der Waals surface area contributed by atoms with Gasteiger partial charge in [0.05, 0.1) is 12.1 Å². The third kappa shape index (κ3) is 2.29. The Balaban J connectivity index is 1.38. The second kappa shape index (κ2) is 5.16. The van der Waals surface area contributed by atoms with Crippen molar-refractivity contribution in [2.24, 2.45) is 5.92 Å². The maximum Gasteiger partial charge on any atom is 0.317 e. The van der Waals surface area contributed by atoms with Gasteiger partial charge in [0.2, 0.25) is 5.91 Å². The number of amides is 3. The van der Waals surface area contributed by atoms with Gasteiger partial charge in [-0.2, -0.15) is 0 Å². The maximum absolute atomic E-state index is 12.8. The van der Waals surface area contributed by atoms with E-state index in [-0.39, 0.29) is 24.0 Å². The molecule has 116 valence electrons. The van der Waals surface area contributed by atoms with E-state index in [9.17, 15) is 9.59 Å². The van der Waals surface area contributed by atoms with Crippen LogP contribution in [0.25, 0.3) is 0 Å². The molecule has 2 N–H and O–H groups in total. The van der Waals surface area contributed by atoms with E-state index in [2.05, 4.69) is 10.6 Å². The molecule has 0 spiro atoms. The Kier molecular flexibility index (Phi) is 3.28. The first-order chi connectivity index (χ1) is 10.2. The largest absolute Gasteiger partial charge is 0.337 e. The van der Waals surface area contributed by atoms with Crippen LogP contribution in [0.1, 0.15) is 32.1 Å². The predicted octanol–water partition coefficient (Wildman–Crippen LogP) is 0.143. The molecule has 4 atom stereocenters. The molecule has 3 saturated heterocycles.